The molecular formula is C16H12BrClN4O. The van der Waals surface area contributed by atoms with Gasteiger partial charge in [0, 0.05) is 35.9 Å². The van der Waals surface area contributed by atoms with Gasteiger partial charge in [0.1, 0.15) is 5.52 Å². The molecule has 1 aliphatic heterocycles. The monoisotopic (exact) mass is 390 g/mol. The van der Waals surface area contributed by atoms with E-state index >= 15 is 0 Å². The summed E-state index contributed by atoms with van der Waals surface area (Å²) in [6.45, 7) is 1.19. The molecule has 0 saturated heterocycles. The standard InChI is InChI=1S/C16H12BrClN4O/c17-10-3-4-12-14(13(10)18)21-15(20-12)16(23)22-7-5-11-9(8-22)2-1-6-19-11/h1-4,6H,5,7-8H2,(H,20,21). The van der Waals surface area contributed by atoms with E-state index in [-0.39, 0.29) is 5.91 Å². The number of hydrogen-bond acceptors (Lipinski definition) is 3. The van der Waals surface area contributed by atoms with Crippen LogP contribution in [0.25, 0.3) is 11.0 Å². The summed E-state index contributed by atoms with van der Waals surface area (Å²) < 4.78 is 0.759. The second kappa shape index (κ2) is 5.62. The van der Waals surface area contributed by atoms with Crippen LogP contribution in [0.5, 0.6) is 0 Å². The van der Waals surface area contributed by atoms with Gasteiger partial charge in [0.15, 0.2) is 5.82 Å². The highest BCUT2D eigenvalue weighted by Gasteiger charge is 2.25. The Morgan fingerprint density at radius 3 is 3.09 bits per heavy atom. The van der Waals surface area contributed by atoms with E-state index in [0.717, 1.165) is 27.7 Å². The Kier molecular flexibility index (Phi) is 3.58. The van der Waals surface area contributed by atoms with Gasteiger partial charge in [0.05, 0.1) is 10.5 Å². The molecule has 0 bridgehead atoms. The Balaban J connectivity index is 1.66. The largest absolute Gasteiger partial charge is 0.334 e. The molecule has 23 heavy (non-hydrogen) atoms. The van der Waals surface area contributed by atoms with Crippen LogP contribution in [-0.2, 0) is 13.0 Å². The summed E-state index contributed by atoms with van der Waals surface area (Å²) in [6.07, 6.45) is 2.55. The number of fused-ring (bicyclic) bond motifs is 2. The lowest BCUT2D eigenvalue weighted by Gasteiger charge is -2.27. The van der Waals surface area contributed by atoms with Gasteiger partial charge in [-0.1, -0.05) is 17.7 Å². The molecule has 0 aliphatic carbocycles. The fourth-order valence-corrected chi connectivity index (χ4v) is 3.33. The maximum absolute atomic E-state index is 12.7. The first-order chi connectivity index (χ1) is 11.1. The molecule has 0 spiro atoms. The molecule has 3 aromatic rings. The van der Waals surface area contributed by atoms with E-state index < -0.39 is 0 Å². The molecule has 5 nitrogen and oxygen atoms in total. The molecule has 1 aliphatic rings. The number of aromatic nitrogens is 3. The average Bonchev–Trinajstić information content (AvgIpc) is 3.02. The minimum absolute atomic E-state index is 0.122. The number of carbonyl (C=O) groups is 1. The van der Waals surface area contributed by atoms with Crippen molar-refractivity contribution in [2.75, 3.05) is 6.54 Å². The van der Waals surface area contributed by atoms with Crippen LogP contribution in [0.4, 0.5) is 0 Å². The molecule has 2 aromatic heterocycles. The van der Waals surface area contributed by atoms with Gasteiger partial charge >= 0.3 is 0 Å². The highest BCUT2D eigenvalue weighted by Crippen LogP contribution is 2.30. The molecule has 0 saturated carbocycles. The van der Waals surface area contributed by atoms with Gasteiger partial charge in [-0.3, -0.25) is 9.78 Å². The summed E-state index contributed by atoms with van der Waals surface area (Å²) in [6, 6.07) is 7.59. The lowest BCUT2D eigenvalue weighted by atomic mass is 10.1. The Morgan fingerprint density at radius 1 is 1.35 bits per heavy atom. The summed E-state index contributed by atoms with van der Waals surface area (Å²) in [5, 5.41) is 0.506. The third kappa shape index (κ3) is 2.52. The number of H-pyrrole nitrogens is 1. The molecule has 0 fully saturated rings. The number of amides is 1. The average molecular weight is 392 g/mol. The number of nitrogens with zero attached hydrogens (tertiary/aromatic N) is 3. The van der Waals surface area contributed by atoms with Crippen molar-refractivity contribution in [2.24, 2.45) is 0 Å². The van der Waals surface area contributed by atoms with E-state index in [9.17, 15) is 4.79 Å². The molecule has 0 atom stereocenters. The summed E-state index contributed by atoms with van der Waals surface area (Å²) >= 11 is 9.60. The van der Waals surface area contributed by atoms with Crippen LogP contribution in [0.15, 0.2) is 34.9 Å². The van der Waals surface area contributed by atoms with Gasteiger partial charge in [-0.15, -0.1) is 0 Å². The zero-order valence-corrected chi connectivity index (χ0v) is 14.4. The van der Waals surface area contributed by atoms with E-state index in [1.807, 2.05) is 24.3 Å². The first kappa shape index (κ1) is 14.7. The van der Waals surface area contributed by atoms with Gasteiger partial charge in [-0.05, 0) is 39.7 Å². The number of aromatic amines is 1. The third-order valence-corrected chi connectivity index (χ3v) is 5.27. The van der Waals surface area contributed by atoms with Crippen LogP contribution in [0, 0.1) is 0 Å². The molecule has 7 heteroatoms. The zero-order valence-electron chi connectivity index (χ0n) is 12.0. The zero-order chi connectivity index (χ0) is 16.0. The maximum Gasteiger partial charge on any atom is 0.289 e. The van der Waals surface area contributed by atoms with Crippen molar-refractivity contribution < 1.29 is 4.79 Å². The van der Waals surface area contributed by atoms with Crippen LogP contribution in [0.2, 0.25) is 5.02 Å². The van der Waals surface area contributed by atoms with Crippen molar-refractivity contribution in [1.82, 2.24) is 19.9 Å². The topological polar surface area (TPSA) is 61.9 Å². The smallest absolute Gasteiger partial charge is 0.289 e. The van der Waals surface area contributed by atoms with Crippen molar-refractivity contribution in [3.63, 3.8) is 0 Å². The number of rotatable bonds is 1. The van der Waals surface area contributed by atoms with Gasteiger partial charge in [-0.2, -0.15) is 0 Å². The molecule has 116 valence electrons. The summed E-state index contributed by atoms with van der Waals surface area (Å²) in [7, 11) is 0. The van der Waals surface area contributed by atoms with Gasteiger partial charge < -0.3 is 9.88 Å². The number of nitrogens with one attached hydrogen (secondary N) is 1. The fraction of sp³-hybridized carbons (Fsp3) is 0.188. The van der Waals surface area contributed by atoms with E-state index in [2.05, 4.69) is 30.9 Å². The first-order valence-corrected chi connectivity index (χ1v) is 8.36. The number of halogens is 2. The number of carbonyl (C=O) groups excluding carboxylic acids is 1. The molecule has 4 rings (SSSR count). The lowest BCUT2D eigenvalue weighted by Crippen LogP contribution is -2.36. The second-order valence-corrected chi connectivity index (χ2v) is 6.66. The van der Waals surface area contributed by atoms with Gasteiger partial charge in [-0.25, -0.2) is 4.98 Å². The van der Waals surface area contributed by atoms with Crippen molar-refractivity contribution in [3.05, 3.63) is 57.0 Å². The van der Waals surface area contributed by atoms with Crippen LogP contribution >= 0.6 is 27.5 Å². The first-order valence-electron chi connectivity index (χ1n) is 7.19. The maximum atomic E-state index is 12.7. The van der Waals surface area contributed by atoms with Crippen LogP contribution in [0.1, 0.15) is 21.9 Å². The van der Waals surface area contributed by atoms with Crippen molar-refractivity contribution in [2.45, 2.75) is 13.0 Å². The number of benzene rings is 1. The molecule has 3 heterocycles. The van der Waals surface area contributed by atoms with Crippen molar-refractivity contribution in [1.29, 1.82) is 0 Å². The number of imidazole rings is 1. The highest BCUT2D eigenvalue weighted by atomic mass is 79.9. The van der Waals surface area contributed by atoms with Crippen molar-refractivity contribution in [3.8, 4) is 0 Å². The van der Waals surface area contributed by atoms with E-state index in [0.29, 0.717) is 29.5 Å². The quantitative estimate of drug-likeness (QED) is 0.690. The minimum Gasteiger partial charge on any atom is -0.334 e. The Labute approximate surface area is 145 Å². The molecule has 0 unspecified atom stereocenters. The SMILES string of the molecule is O=C(c1nc2c(Cl)c(Br)ccc2[nH]1)N1CCc2ncccc2C1. The highest BCUT2D eigenvalue weighted by molar-refractivity contribution is 9.10. The number of pyridine rings is 1. The second-order valence-electron chi connectivity index (χ2n) is 5.43. The van der Waals surface area contributed by atoms with Gasteiger partial charge in [0.2, 0.25) is 0 Å². The minimum atomic E-state index is -0.122. The normalized spacial score (nSPS) is 14.1. The Bertz CT molecular complexity index is 924. The molecular weight excluding hydrogens is 380 g/mol. The van der Waals surface area contributed by atoms with E-state index in [1.165, 1.54) is 0 Å². The molecule has 1 aromatic carbocycles. The summed E-state index contributed by atoms with van der Waals surface area (Å²) in [5.74, 6) is 0.190. The number of hydrogen-bond donors (Lipinski definition) is 1. The predicted octanol–water partition coefficient (Wildman–Crippen LogP) is 3.57. The Morgan fingerprint density at radius 2 is 2.22 bits per heavy atom. The van der Waals surface area contributed by atoms with Crippen LogP contribution in [0.3, 0.4) is 0 Å². The summed E-state index contributed by atoms with van der Waals surface area (Å²) in [4.78, 5) is 26.3. The Hall–Kier alpha value is -1.92. The van der Waals surface area contributed by atoms with E-state index in [1.54, 1.807) is 11.1 Å². The van der Waals surface area contributed by atoms with Crippen LogP contribution in [-0.4, -0.2) is 32.3 Å². The molecule has 1 N–H and O–H groups in total. The van der Waals surface area contributed by atoms with Crippen LogP contribution < -0.4 is 0 Å². The summed E-state index contributed by atoms with van der Waals surface area (Å²) in [5.41, 5.74) is 3.50. The fourth-order valence-electron chi connectivity index (χ4n) is 2.81. The third-order valence-electron chi connectivity index (χ3n) is 4.00. The molecule has 0 radical (unpaired) electrons. The van der Waals surface area contributed by atoms with Crippen molar-refractivity contribution >= 4 is 44.5 Å². The van der Waals surface area contributed by atoms with Gasteiger partial charge in [0.25, 0.3) is 5.91 Å². The molecule has 1 amide bonds. The predicted molar refractivity (Wildman–Crippen MR) is 91.5 cm³/mol. The lowest BCUT2D eigenvalue weighted by molar-refractivity contribution is 0.0722. The van der Waals surface area contributed by atoms with E-state index in [4.69, 9.17) is 11.6 Å².